The largest absolute Gasteiger partial charge is 0.376 e. The average Bonchev–Trinajstić information content (AvgIpc) is 1.25. The van der Waals surface area contributed by atoms with E-state index in [4.69, 9.17) is 4.89 Å². The van der Waals surface area contributed by atoms with E-state index in [0.29, 0.717) is 0 Å². The smallest absolute Gasteiger partial charge is 0.302 e. The third-order valence-corrected chi connectivity index (χ3v) is 3.34. The molecule has 0 rings (SSSR count). The fourth-order valence-corrected chi connectivity index (χ4v) is 0. The molecular weight excluding hydrogens is 125 g/mol. The van der Waals surface area contributed by atoms with Crippen LogP contribution in [-0.4, -0.2) is 37.0 Å². The molecule has 0 aliphatic carbocycles. The van der Waals surface area contributed by atoms with Crippen LogP contribution in [0.3, 0.4) is 0 Å². The second kappa shape index (κ2) is 1.83. The Morgan fingerprint density at radius 1 is 1.38 bits per heavy atom. The van der Waals surface area contributed by atoms with Gasteiger partial charge in [-0.05, 0) is 0 Å². The maximum atomic E-state index is 10.8. The van der Waals surface area contributed by atoms with E-state index in [2.05, 4.69) is 0 Å². The minimum Gasteiger partial charge on any atom is -0.302 e. The molecular formula is C4H13NO2P+. The van der Waals surface area contributed by atoms with Gasteiger partial charge in [0.15, 0.2) is 0 Å². The van der Waals surface area contributed by atoms with Crippen molar-refractivity contribution in [3.63, 3.8) is 0 Å². The molecule has 0 saturated heterocycles. The summed E-state index contributed by atoms with van der Waals surface area (Å²) in [7, 11) is 2.17. The molecule has 1 unspecified atom stereocenters. The Bertz CT molecular complexity index is 120. The second-order valence-corrected chi connectivity index (χ2v) is 5.65. The lowest BCUT2D eigenvalue weighted by Crippen LogP contribution is -2.29. The Kier molecular flexibility index (Phi) is 1.87. The Morgan fingerprint density at radius 2 is 1.50 bits per heavy atom. The first-order valence-electron chi connectivity index (χ1n) is 2.37. The van der Waals surface area contributed by atoms with Gasteiger partial charge in [-0.15, -0.1) is 0 Å². The highest BCUT2D eigenvalue weighted by molar-refractivity contribution is 7.51. The quantitative estimate of drug-likeness (QED) is 0.536. The summed E-state index contributed by atoms with van der Waals surface area (Å²) in [6.07, 6.45) is 0. The van der Waals surface area contributed by atoms with Gasteiger partial charge >= 0.3 is 7.52 Å². The van der Waals surface area contributed by atoms with Crippen molar-refractivity contribution in [2.24, 2.45) is 0 Å². The van der Waals surface area contributed by atoms with Crippen LogP contribution in [0, 0.1) is 0 Å². The van der Waals surface area contributed by atoms with Gasteiger partial charge < -0.3 is 4.89 Å². The molecule has 0 saturated carbocycles. The van der Waals surface area contributed by atoms with Crippen molar-refractivity contribution in [3.05, 3.63) is 0 Å². The Hall–Kier alpha value is 0.150. The van der Waals surface area contributed by atoms with Gasteiger partial charge in [0.25, 0.3) is 0 Å². The van der Waals surface area contributed by atoms with Crippen molar-refractivity contribution < 1.29 is 13.7 Å². The van der Waals surface area contributed by atoms with Gasteiger partial charge in [-0.2, -0.15) is 0 Å². The van der Waals surface area contributed by atoms with Crippen molar-refractivity contribution in [2.75, 3.05) is 27.8 Å². The summed E-state index contributed by atoms with van der Waals surface area (Å²) < 4.78 is 10.9. The highest BCUT2D eigenvalue weighted by Gasteiger charge is 2.27. The van der Waals surface area contributed by atoms with E-state index in [1.807, 2.05) is 0 Å². The van der Waals surface area contributed by atoms with Crippen LogP contribution < -0.4 is 0 Å². The van der Waals surface area contributed by atoms with Gasteiger partial charge in [0.1, 0.15) is 0 Å². The molecule has 1 N–H and O–H groups in total. The summed E-state index contributed by atoms with van der Waals surface area (Å²) in [5.74, 6) is 0. The minimum absolute atomic E-state index is 0.132. The van der Waals surface area contributed by atoms with E-state index in [1.165, 1.54) is 6.66 Å². The lowest BCUT2D eigenvalue weighted by atomic mass is 11.0. The van der Waals surface area contributed by atoms with Crippen LogP contribution >= 0.6 is 7.52 Å². The predicted molar refractivity (Wildman–Crippen MR) is 33.8 cm³/mol. The topological polar surface area (TPSA) is 37.3 Å². The first-order valence-corrected chi connectivity index (χ1v) is 4.43. The van der Waals surface area contributed by atoms with Crippen LogP contribution in [0.1, 0.15) is 0 Å². The molecule has 0 amide bonds. The Balaban J connectivity index is 4.26. The second-order valence-electron chi connectivity index (χ2n) is 2.78. The van der Waals surface area contributed by atoms with Gasteiger partial charge in [0, 0.05) is 0 Å². The first-order chi connectivity index (χ1) is 3.25. The van der Waals surface area contributed by atoms with Crippen molar-refractivity contribution >= 4 is 7.52 Å². The summed E-state index contributed by atoms with van der Waals surface area (Å²) in [6, 6.07) is 0. The fourth-order valence-electron chi connectivity index (χ4n) is 0. The average molecular weight is 138 g/mol. The van der Waals surface area contributed by atoms with E-state index >= 15 is 0 Å². The van der Waals surface area contributed by atoms with Crippen molar-refractivity contribution in [2.45, 2.75) is 0 Å². The minimum atomic E-state index is -2.91. The van der Waals surface area contributed by atoms with E-state index in [0.717, 1.165) is 0 Å². The maximum Gasteiger partial charge on any atom is 0.376 e. The van der Waals surface area contributed by atoms with Crippen LogP contribution in [0.5, 0.6) is 0 Å². The number of rotatable bonds is 1. The third-order valence-electron chi connectivity index (χ3n) is 1.11. The molecule has 0 aliphatic rings. The van der Waals surface area contributed by atoms with E-state index < -0.39 is 7.52 Å². The van der Waals surface area contributed by atoms with Crippen LogP contribution in [0.15, 0.2) is 0 Å². The number of quaternary nitrogens is 1. The molecule has 0 aromatic rings. The van der Waals surface area contributed by atoms with Crippen molar-refractivity contribution in [3.8, 4) is 0 Å². The van der Waals surface area contributed by atoms with Crippen molar-refractivity contribution in [1.82, 2.24) is 0 Å². The van der Waals surface area contributed by atoms with E-state index in [-0.39, 0.29) is 4.25 Å². The number of hydrogen-bond donors (Lipinski definition) is 1. The van der Waals surface area contributed by atoms with Gasteiger partial charge in [-0.1, -0.05) is 0 Å². The summed E-state index contributed by atoms with van der Waals surface area (Å²) in [5.41, 5.74) is 0. The molecule has 0 fully saturated rings. The standard InChI is InChI=1S/C4H12NO2P/c1-5(2,3)8(4,6)7/h1-4H3/p+1. The van der Waals surface area contributed by atoms with Gasteiger partial charge in [-0.25, -0.2) is 4.57 Å². The van der Waals surface area contributed by atoms with Gasteiger partial charge in [0.2, 0.25) is 0 Å². The van der Waals surface area contributed by atoms with Crippen molar-refractivity contribution in [1.29, 1.82) is 0 Å². The van der Waals surface area contributed by atoms with E-state index in [1.54, 1.807) is 21.1 Å². The Morgan fingerprint density at radius 3 is 1.50 bits per heavy atom. The molecule has 1 atom stereocenters. The lowest BCUT2D eigenvalue weighted by Gasteiger charge is -2.25. The van der Waals surface area contributed by atoms with Gasteiger partial charge in [-0.3, -0.25) is 4.25 Å². The molecule has 3 nitrogen and oxygen atoms in total. The highest BCUT2D eigenvalue weighted by Crippen LogP contribution is 2.43. The molecule has 0 aromatic carbocycles. The fraction of sp³-hybridized carbons (Fsp3) is 1.00. The summed E-state index contributed by atoms with van der Waals surface area (Å²) in [5, 5.41) is 0. The molecule has 0 spiro atoms. The monoisotopic (exact) mass is 138 g/mol. The molecule has 0 aromatic heterocycles. The zero-order chi connectivity index (χ0) is 7.00. The summed E-state index contributed by atoms with van der Waals surface area (Å²) >= 11 is 0. The maximum absolute atomic E-state index is 10.8. The SMILES string of the molecule is C[N+](C)(C)P(C)(=O)O. The molecule has 8 heavy (non-hydrogen) atoms. The normalized spacial score (nSPS) is 20.1. The molecule has 0 radical (unpaired) electrons. The molecule has 0 heterocycles. The van der Waals surface area contributed by atoms with Gasteiger partial charge in [0.05, 0.1) is 27.8 Å². The zero-order valence-corrected chi connectivity index (χ0v) is 6.64. The molecule has 0 aliphatic heterocycles. The highest BCUT2D eigenvalue weighted by atomic mass is 31.2. The predicted octanol–water partition coefficient (Wildman–Crippen LogP) is 0.508. The third kappa shape index (κ3) is 1.95. The van der Waals surface area contributed by atoms with Crippen LogP contribution in [0.2, 0.25) is 0 Å². The molecule has 0 bridgehead atoms. The lowest BCUT2D eigenvalue weighted by molar-refractivity contribution is -0.751. The summed E-state index contributed by atoms with van der Waals surface area (Å²) in [4.78, 5) is 8.88. The molecule has 50 valence electrons. The number of hydrogen-bond acceptors (Lipinski definition) is 1. The first kappa shape index (κ1) is 8.15. The zero-order valence-electron chi connectivity index (χ0n) is 5.75. The van der Waals surface area contributed by atoms with E-state index in [9.17, 15) is 4.57 Å². The molecule has 4 heteroatoms. The number of nitrogens with zero attached hydrogens (tertiary/aromatic N) is 1. The van der Waals surface area contributed by atoms with Crippen LogP contribution in [0.4, 0.5) is 0 Å². The Labute approximate surface area is 50.0 Å². The van der Waals surface area contributed by atoms with Crippen LogP contribution in [0.25, 0.3) is 0 Å². The van der Waals surface area contributed by atoms with Crippen LogP contribution in [-0.2, 0) is 4.57 Å². The summed E-state index contributed by atoms with van der Waals surface area (Å²) in [6.45, 7) is 1.35.